The Hall–Kier alpha value is -2.91. The molecule has 2 saturated heterocycles. The van der Waals surface area contributed by atoms with Crippen LogP contribution in [0, 0.1) is 11.3 Å². The van der Waals surface area contributed by atoms with Crippen LogP contribution in [0.5, 0.6) is 0 Å². The third-order valence-corrected chi connectivity index (χ3v) is 9.21. The van der Waals surface area contributed by atoms with Crippen molar-refractivity contribution in [2.24, 2.45) is 17.1 Å². The summed E-state index contributed by atoms with van der Waals surface area (Å²) in [7, 11) is 0. The number of aromatic nitrogens is 2. The summed E-state index contributed by atoms with van der Waals surface area (Å²) in [6, 6.07) is 7.45. The summed E-state index contributed by atoms with van der Waals surface area (Å²) in [6.07, 6.45) is 7.33. The molecule has 0 atom stereocenters. The van der Waals surface area contributed by atoms with E-state index in [-0.39, 0.29) is 29.2 Å². The lowest BCUT2D eigenvalue weighted by molar-refractivity contribution is -0.127. The topological polar surface area (TPSA) is 116 Å². The van der Waals surface area contributed by atoms with Crippen LogP contribution < -0.4 is 10.6 Å². The van der Waals surface area contributed by atoms with Gasteiger partial charge in [-0.2, -0.15) is 0 Å². The lowest BCUT2D eigenvalue weighted by Gasteiger charge is -2.41. The van der Waals surface area contributed by atoms with Gasteiger partial charge in [0.25, 0.3) is 11.8 Å². The first-order chi connectivity index (χ1) is 18.3. The fourth-order valence-electron chi connectivity index (χ4n) is 6.42. The molecule has 1 aromatic heterocycles. The molecule has 3 amide bonds. The fourth-order valence-corrected chi connectivity index (χ4v) is 6.65. The molecular weight excluding hydrogens is 504 g/mol. The Morgan fingerprint density at radius 2 is 1.84 bits per heavy atom. The average molecular weight is 541 g/mol. The highest BCUT2D eigenvalue weighted by Crippen LogP contribution is 2.47. The normalized spacial score (nSPS) is 24.7. The maximum Gasteiger partial charge on any atom is 0.275 e. The Kier molecular flexibility index (Phi) is 7.77. The van der Waals surface area contributed by atoms with E-state index >= 15 is 0 Å². The standard InChI is InChI=1S/C28H37ClN6O3/c1-19-8-13-33(14-9-19)16-17-34(26(37)24-23(25(30)36)31-18-32-24)20-6-10-28(11-7-20)12-15-35(27(28)38)22-5-3-2-4-21(22)29/h2-5,18-20H,6-17H2,1H3,(H2,30,36)(H,31,32)/t20-,28-. The number of hydrogen-bond acceptors (Lipinski definition) is 5. The molecule has 0 bridgehead atoms. The molecule has 204 valence electrons. The minimum absolute atomic E-state index is 0.0311. The number of para-hydroxylation sites is 1. The number of likely N-dealkylation sites (tertiary alicyclic amines) is 1. The van der Waals surface area contributed by atoms with Crippen molar-refractivity contribution in [3.05, 3.63) is 47.0 Å². The van der Waals surface area contributed by atoms with Gasteiger partial charge in [-0.05, 0) is 76.1 Å². The van der Waals surface area contributed by atoms with Crippen LogP contribution in [0.3, 0.4) is 0 Å². The van der Waals surface area contributed by atoms with Gasteiger partial charge >= 0.3 is 0 Å². The Balaban J connectivity index is 1.30. The van der Waals surface area contributed by atoms with Crippen molar-refractivity contribution in [1.82, 2.24) is 19.8 Å². The number of H-pyrrole nitrogens is 1. The van der Waals surface area contributed by atoms with Crippen LogP contribution in [0.1, 0.15) is 72.8 Å². The lowest BCUT2D eigenvalue weighted by atomic mass is 9.71. The lowest BCUT2D eigenvalue weighted by Crippen LogP contribution is -2.49. The molecule has 38 heavy (non-hydrogen) atoms. The number of piperidine rings is 1. The molecule has 1 spiro atoms. The molecule has 1 aromatic carbocycles. The number of benzene rings is 1. The van der Waals surface area contributed by atoms with E-state index in [2.05, 4.69) is 21.8 Å². The summed E-state index contributed by atoms with van der Waals surface area (Å²) >= 11 is 6.40. The van der Waals surface area contributed by atoms with Crippen LogP contribution in [0.15, 0.2) is 30.6 Å². The molecule has 0 unspecified atom stereocenters. The van der Waals surface area contributed by atoms with Gasteiger partial charge in [0, 0.05) is 25.7 Å². The molecule has 0 radical (unpaired) electrons. The molecule has 3 fully saturated rings. The number of anilines is 1. The highest BCUT2D eigenvalue weighted by molar-refractivity contribution is 6.34. The number of halogens is 1. The number of nitrogens with zero attached hydrogens (tertiary/aromatic N) is 4. The number of carbonyl (C=O) groups excluding carboxylic acids is 3. The summed E-state index contributed by atoms with van der Waals surface area (Å²) in [5, 5.41) is 0.583. The summed E-state index contributed by atoms with van der Waals surface area (Å²) in [5.74, 6) is -0.112. The molecule has 9 nitrogen and oxygen atoms in total. The highest BCUT2D eigenvalue weighted by atomic mass is 35.5. The van der Waals surface area contributed by atoms with Gasteiger partial charge in [-0.1, -0.05) is 30.7 Å². The van der Waals surface area contributed by atoms with Gasteiger partial charge in [0.05, 0.1) is 22.5 Å². The summed E-state index contributed by atoms with van der Waals surface area (Å²) < 4.78 is 0. The van der Waals surface area contributed by atoms with Gasteiger partial charge in [-0.15, -0.1) is 0 Å². The minimum atomic E-state index is -0.699. The van der Waals surface area contributed by atoms with Gasteiger partial charge < -0.3 is 25.4 Å². The Morgan fingerprint density at radius 1 is 1.13 bits per heavy atom. The maximum atomic E-state index is 13.7. The maximum absolute atomic E-state index is 13.7. The van der Waals surface area contributed by atoms with Gasteiger partial charge in [-0.3, -0.25) is 14.4 Å². The second-order valence-corrected chi connectivity index (χ2v) is 11.6. The number of nitrogens with two attached hydrogens (primary N) is 1. The molecule has 3 aliphatic rings. The Labute approximate surface area is 228 Å². The van der Waals surface area contributed by atoms with E-state index in [0.717, 1.165) is 63.3 Å². The molecule has 3 heterocycles. The number of carbonyl (C=O) groups is 3. The van der Waals surface area contributed by atoms with Gasteiger partial charge in [-0.25, -0.2) is 4.98 Å². The zero-order valence-electron chi connectivity index (χ0n) is 22.0. The molecule has 1 aliphatic carbocycles. The molecule has 3 N–H and O–H groups in total. The first-order valence-corrected chi connectivity index (χ1v) is 14.1. The van der Waals surface area contributed by atoms with Crippen LogP contribution in [-0.2, 0) is 4.79 Å². The first kappa shape index (κ1) is 26.7. The first-order valence-electron chi connectivity index (χ1n) is 13.7. The second kappa shape index (κ2) is 11.1. The molecule has 2 aliphatic heterocycles. The Morgan fingerprint density at radius 3 is 2.53 bits per heavy atom. The van der Waals surface area contributed by atoms with Crippen molar-refractivity contribution >= 4 is 35.0 Å². The predicted molar refractivity (Wildman–Crippen MR) is 146 cm³/mol. The SMILES string of the molecule is CC1CCN(CCN(C(=O)c2nc[nH]c2C(N)=O)[C@H]2CC[C@@]3(CCN(c4ccccc4Cl)C3=O)CC2)CC1. The second-order valence-electron chi connectivity index (χ2n) is 11.2. The zero-order chi connectivity index (χ0) is 26.9. The van der Waals surface area contributed by atoms with E-state index in [1.807, 2.05) is 34.1 Å². The number of amides is 3. The van der Waals surface area contributed by atoms with Crippen LogP contribution in [0.4, 0.5) is 5.69 Å². The van der Waals surface area contributed by atoms with Gasteiger partial charge in [0.2, 0.25) is 5.91 Å². The van der Waals surface area contributed by atoms with Crippen molar-refractivity contribution in [3.8, 4) is 0 Å². The number of primary amides is 1. The smallest absolute Gasteiger partial charge is 0.275 e. The van der Waals surface area contributed by atoms with Gasteiger partial charge in [0.1, 0.15) is 5.69 Å². The molecule has 2 aromatic rings. The highest BCUT2D eigenvalue weighted by Gasteiger charge is 2.50. The van der Waals surface area contributed by atoms with E-state index in [9.17, 15) is 14.4 Å². The third kappa shape index (κ3) is 5.18. The number of aromatic amines is 1. The quantitative estimate of drug-likeness (QED) is 0.555. The number of rotatable bonds is 7. The number of imidazole rings is 1. The van der Waals surface area contributed by atoms with E-state index in [1.165, 1.54) is 6.33 Å². The van der Waals surface area contributed by atoms with Crippen LogP contribution in [0.25, 0.3) is 0 Å². The molecular formula is C28H37ClN6O3. The van der Waals surface area contributed by atoms with E-state index in [4.69, 9.17) is 17.3 Å². The molecule has 10 heteroatoms. The third-order valence-electron chi connectivity index (χ3n) is 8.89. The number of nitrogens with one attached hydrogen (secondary N) is 1. The summed E-state index contributed by atoms with van der Waals surface area (Å²) in [5.41, 5.74) is 5.97. The monoisotopic (exact) mass is 540 g/mol. The van der Waals surface area contributed by atoms with Crippen molar-refractivity contribution in [2.45, 2.75) is 57.9 Å². The summed E-state index contributed by atoms with van der Waals surface area (Å²) in [6.45, 7) is 6.31. The Bertz CT molecular complexity index is 1180. The van der Waals surface area contributed by atoms with Crippen LogP contribution in [-0.4, -0.2) is 76.3 Å². The van der Waals surface area contributed by atoms with Crippen molar-refractivity contribution in [1.29, 1.82) is 0 Å². The van der Waals surface area contributed by atoms with Crippen molar-refractivity contribution < 1.29 is 14.4 Å². The predicted octanol–water partition coefficient (Wildman–Crippen LogP) is 3.70. The van der Waals surface area contributed by atoms with E-state index in [1.54, 1.807) is 0 Å². The van der Waals surface area contributed by atoms with Crippen LogP contribution in [0.2, 0.25) is 5.02 Å². The summed E-state index contributed by atoms with van der Waals surface area (Å²) in [4.78, 5) is 52.3. The largest absolute Gasteiger partial charge is 0.364 e. The average Bonchev–Trinajstić information content (AvgIpc) is 3.53. The molecule has 5 rings (SSSR count). The number of hydrogen-bond donors (Lipinski definition) is 2. The van der Waals surface area contributed by atoms with Crippen LogP contribution >= 0.6 is 11.6 Å². The van der Waals surface area contributed by atoms with Gasteiger partial charge in [0.15, 0.2) is 5.69 Å². The van der Waals surface area contributed by atoms with Crippen molar-refractivity contribution in [2.75, 3.05) is 37.6 Å². The molecule has 1 saturated carbocycles. The zero-order valence-corrected chi connectivity index (χ0v) is 22.8. The minimum Gasteiger partial charge on any atom is -0.364 e. The van der Waals surface area contributed by atoms with Crippen molar-refractivity contribution in [3.63, 3.8) is 0 Å². The van der Waals surface area contributed by atoms with E-state index < -0.39 is 11.3 Å². The fraction of sp³-hybridized carbons (Fsp3) is 0.571. The van der Waals surface area contributed by atoms with E-state index in [0.29, 0.717) is 31.0 Å².